The molecule has 0 aliphatic rings. The smallest absolute Gasteiger partial charge is 0.277 e. The molecule has 0 atom stereocenters. The zero-order valence-corrected chi connectivity index (χ0v) is 14.6. The molecule has 0 saturated carbocycles. The fourth-order valence-corrected chi connectivity index (χ4v) is 3.23. The molecular weight excluding hydrogens is 371 g/mol. The fraction of sp³-hybridized carbons (Fsp3) is 0.0667. The van der Waals surface area contributed by atoms with Gasteiger partial charge in [0, 0.05) is 12.6 Å². The van der Waals surface area contributed by atoms with Gasteiger partial charge in [-0.1, -0.05) is 34.5 Å². The first-order valence-electron chi connectivity index (χ1n) is 6.74. The molecule has 6 nitrogen and oxygen atoms in total. The largest absolute Gasteiger partial charge is 0.326 e. The third kappa shape index (κ3) is 3.64. The standard InChI is InChI=1S/C15H10Cl2N4O2S/c1-7(22)18-8-2-4-10-11(6-8)24-15(19-10)21-14(23)13-9(16)3-5-12(17)20-13/h2-6H,1H3,(H,18,22)(H,19,21,23). The van der Waals surface area contributed by atoms with Crippen LogP contribution in [-0.2, 0) is 4.79 Å². The van der Waals surface area contributed by atoms with Crippen LogP contribution < -0.4 is 10.6 Å². The summed E-state index contributed by atoms with van der Waals surface area (Å²) < 4.78 is 0.821. The molecule has 2 amide bonds. The first-order valence-corrected chi connectivity index (χ1v) is 8.31. The molecule has 0 bridgehead atoms. The van der Waals surface area contributed by atoms with Gasteiger partial charge in [-0.15, -0.1) is 0 Å². The minimum absolute atomic E-state index is 0.0300. The van der Waals surface area contributed by atoms with Crippen LogP contribution in [0.4, 0.5) is 10.8 Å². The van der Waals surface area contributed by atoms with Gasteiger partial charge in [-0.25, -0.2) is 9.97 Å². The number of pyridine rings is 1. The molecule has 0 unspecified atom stereocenters. The predicted molar refractivity (Wildman–Crippen MR) is 96.1 cm³/mol. The molecule has 0 aliphatic heterocycles. The van der Waals surface area contributed by atoms with Crippen LogP contribution in [0.2, 0.25) is 10.2 Å². The molecule has 2 heterocycles. The number of anilines is 2. The number of benzene rings is 1. The Labute approximate surface area is 150 Å². The zero-order chi connectivity index (χ0) is 17.3. The maximum absolute atomic E-state index is 12.3. The third-order valence-electron chi connectivity index (χ3n) is 2.96. The summed E-state index contributed by atoms with van der Waals surface area (Å²) in [5.74, 6) is -0.655. The number of amides is 2. The summed E-state index contributed by atoms with van der Waals surface area (Å²) in [6.07, 6.45) is 0. The number of nitrogens with zero attached hydrogens (tertiary/aromatic N) is 2. The van der Waals surface area contributed by atoms with E-state index in [1.54, 1.807) is 18.2 Å². The highest BCUT2D eigenvalue weighted by Crippen LogP contribution is 2.29. The second-order valence-corrected chi connectivity index (χ2v) is 6.63. The lowest BCUT2D eigenvalue weighted by Gasteiger charge is -2.03. The van der Waals surface area contributed by atoms with Crippen LogP contribution in [0.3, 0.4) is 0 Å². The van der Waals surface area contributed by atoms with Crippen LogP contribution in [0.25, 0.3) is 10.2 Å². The number of hydrogen-bond acceptors (Lipinski definition) is 5. The SMILES string of the molecule is CC(=O)Nc1ccc2nc(NC(=O)c3nc(Cl)ccc3Cl)sc2c1. The number of thiazole rings is 1. The minimum atomic E-state index is -0.497. The second-order valence-electron chi connectivity index (χ2n) is 4.80. The molecule has 0 spiro atoms. The van der Waals surface area contributed by atoms with E-state index in [-0.39, 0.29) is 21.8 Å². The number of hydrogen-bond donors (Lipinski definition) is 2. The number of aromatic nitrogens is 2. The first kappa shape index (κ1) is 16.6. The molecule has 1 aromatic carbocycles. The van der Waals surface area contributed by atoms with Gasteiger partial charge in [-0.05, 0) is 30.3 Å². The normalized spacial score (nSPS) is 10.6. The molecule has 9 heteroatoms. The fourth-order valence-electron chi connectivity index (χ4n) is 1.99. The van der Waals surface area contributed by atoms with Gasteiger partial charge in [0.15, 0.2) is 5.13 Å². The van der Waals surface area contributed by atoms with Crippen LogP contribution in [0.15, 0.2) is 30.3 Å². The predicted octanol–water partition coefficient (Wildman–Crippen LogP) is 4.21. The molecule has 0 radical (unpaired) electrons. The van der Waals surface area contributed by atoms with Crippen molar-refractivity contribution in [3.05, 3.63) is 46.2 Å². The van der Waals surface area contributed by atoms with E-state index in [2.05, 4.69) is 20.6 Å². The van der Waals surface area contributed by atoms with Crippen LogP contribution in [-0.4, -0.2) is 21.8 Å². The van der Waals surface area contributed by atoms with E-state index in [4.69, 9.17) is 23.2 Å². The van der Waals surface area contributed by atoms with Crippen molar-refractivity contribution in [3.63, 3.8) is 0 Å². The van der Waals surface area contributed by atoms with Gasteiger partial charge in [-0.2, -0.15) is 0 Å². The number of rotatable bonds is 3. The lowest BCUT2D eigenvalue weighted by molar-refractivity contribution is -0.114. The first-order chi connectivity index (χ1) is 11.4. The number of carbonyl (C=O) groups excluding carboxylic acids is 2. The summed E-state index contributed by atoms with van der Waals surface area (Å²) in [6.45, 7) is 1.43. The summed E-state index contributed by atoms with van der Waals surface area (Å²) in [4.78, 5) is 31.6. The summed E-state index contributed by atoms with van der Waals surface area (Å²) in [7, 11) is 0. The van der Waals surface area contributed by atoms with Crippen LogP contribution in [0.5, 0.6) is 0 Å². The van der Waals surface area contributed by atoms with Crippen LogP contribution in [0.1, 0.15) is 17.4 Å². The van der Waals surface area contributed by atoms with Crippen molar-refractivity contribution in [2.45, 2.75) is 6.92 Å². The van der Waals surface area contributed by atoms with E-state index in [0.29, 0.717) is 16.3 Å². The number of fused-ring (bicyclic) bond motifs is 1. The third-order valence-corrected chi connectivity index (χ3v) is 4.41. The Hall–Kier alpha value is -2.22. The van der Waals surface area contributed by atoms with Crippen LogP contribution >= 0.6 is 34.5 Å². The highest BCUT2D eigenvalue weighted by molar-refractivity contribution is 7.22. The Balaban J connectivity index is 1.86. The van der Waals surface area contributed by atoms with Gasteiger partial charge >= 0.3 is 0 Å². The van der Waals surface area contributed by atoms with Gasteiger partial charge in [0.2, 0.25) is 5.91 Å². The van der Waals surface area contributed by atoms with Crippen molar-refractivity contribution in [2.75, 3.05) is 10.6 Å². The van der Waals surface area contributed by atoms with Crippen molar-refractivity contribution >= 4 is 67.4 Å². The van der Waals surface area contributed by atoms with E-state index < -0.39 is 5.91 Å². The second kappa shape index (κ2) is 6.72. The summed E-state index contributed by atoms with van der Waals surface area (Å²) in [5, 5.41) is 6.12. The van der Waals surface area contributed by atoms with Crippen molar-refractivity contribution in [3.8, 4) is 0 Å². The molecule has 2 N–H and O–H groups in total. The van der Waals surface area contributed by atoms with E-state index in [0.717, 1.165) is 4.70 Å². The Morgan fingerprint density at radius 3 is 2.62 bits per heavy atom. The molecule has 0 aliphatic carbocycles. The van der Waals surface area contributed by atoms with Gasteiger partial charge in [0.1, 0.15) is 10.8 Å². The maximum atomic E-state index is 12.3. The monoisotopic (exact) mass is 380 g/mol. The highest BCUT2D eigenvalue weighted by Gasteiger charge is 2.15. The molecule has 122 valence electrons. The van der Waals surface area contributed by atoms with Crippen molar-refractivity contribution in [2.24, 2.45) is 0 Å². The Morgan fingerprint density at radius 2 is 1.88 bits per heavy atom. The molecular formula is C15H10Cl2N4O2S. The van der Waals surface area contributed by atoms with E-state index in [9.17, 15) is 9.59 Å². The van der Waals surface area contributed by atoms with Gasteiger partial charge in [-0.3, -0.25) is 14.9 Å². The number of nitrogens with one attached hydrogen (secondary N) is 2. The van der Waals surface area contributed by atoms with Crippen LogP contribution in [0, 0.1) is 0 Å². The maximum Gasteiger partial charge on any atom is 0.277 e. The Morgan fingerprint density at radius 1 is 1.08 bits per heavy atom. The lowest BCUT2D eigenvalue weighted by atomic mass is 10.3. The van der Waals surface area contributed by atoms with Crippen molar-refractivity contribution in [1.82, 2.24) is 9.97 Å². The number of halogens is 2. The van der Waals surface area contributed by atoms with E-state index in [1.807, 2.05) is 0 Å². The average molecular weight is 381 g/mol. The topological polar surface area (TPSA) is 84.0 Å². The number of carbonyl (C=O) groups is 2. The molecule has 0 fully saturated rings. The summed E-state index contributed by atoms with van der Waals surface area (Å²) in [5.41, 5.74) is 1.40. The van der Waals surface area contributed by atoms with Gasteiger partial charge < -0.3 is 5.32 Å². The molecule has 3 rings (SSSR count). The van der Waals surface area contributed by atoms with E-state index in [1.165, 1.54) is 30.4 Å². The lowest BCUT2D eigenvalue weighted by Crippen LogP contribution is -2.14. The van der Waals surface area contributed by atoms with Crippen molar-refractivity contribution in [1.29, 1.82) is 0 Å². The summed E-state index contributed by atoms with van der Waals surface area (Å²) in [6, 6.07) is 8.29. The minimum Gasteiger partial charge on any atom is -0.326 e. The average Bonchev–Trinajstić information content (AvgIpc) is 2.90. The van der Waals surface area contributed by atoms with E-state index >= 15 is 0 Å². The Kier molecular flexibility index (Phi) is 4.66. The van der Waals surface area contributed by atoms with Crippen molar-refractivity contribution < 1.29 is 9.59 Å². The molecule has 24 heavy (non-hydrogen) atoms. The molecule has 3 aromatic rings. The summed E-state index contributed by atoms with van der Waals surface area (Å²) >= 11 is 13.0. The van der Waals surface area contributed by atoms with Gasteiger partial charge in [0.05, 0.1) is 15.2 Å². The zero-order valence-electron chi connectivity index (χ0n) is 12.3. The molecule has 0 saturated heterocycles. The highest BCUT2D eigenvalue weighted by atomic mass is 35.5. The Bertz CT molecular complexity index is 958. The van der Waals surface area contributed by atoms with Gasteiger partial charge in [0.25, 0.3) is 5.91 Å². The quantitative estimate of drug-likeness (QED) is 0.666. The molecule has 2 aromatic heterocycles.